The number of aryl methyl sites for hydroxylation is 1. The zero-order valence-corrected chi connectivity index (χ0v) is 18.3. The first-order valence-electron chi connectivity index (χ1n) is 10.2. The monoisotopic (exact) mass is 439 g/mol. The number of aromatic nitrogens is 3. The Balaban J connectivity index is 1.51. The molecule has 0 fully saturated rings. The molecule has 1 atom stereocenters. The number of carbonyl (C=O) groups excluding carboxylic acids is 1. The third kappa shape index (κ3) is 4.38. The summed E-state index contributed by atoms with van der Waals surface area (Å²) in [5, 5.41) is 8.27. The van der Waals surface area contributed by atoms with Crippen LogP contribution in [-0.4, -0.2) is 34.2 Å². The highest BCUT2D eigenvalue weighted by molar-refractivity contribution is 7.89. The lowest BCUT2D eigenvalue weighted by Gasteiger charge is -2.31. The smallest absolute Gasteiger partial charge is 0.247 e. The third-order valence-electron chi connectivity index (χ3n) is 5.54. The highest BCUT2D eigenvalue weighted by atomic mass is 32.2. The van der Waals surface area contributed by atoms with Gasteiger partial charge in [0.25, 0.3) is 0 Å². The fraction of sp³-hybridized carbons (Fsp3) is 0.318. The molecule has 2 aromatic carbocycles. The molecule has 1 aromatic heterocycles. The van der Waals surface area contributed by atoms with Gasteiger partial charge in [-0.2, -0.15) is 0 Å². The Labute approximate surface area is 181 Å². The van der Waals surface area contributed by atoms with E-state index in [0.29, 0.717) is 18.8 Å². The average Bonchev–Trinajstić information content (AvgIpc) is 3.19. The summed E-state index contributed by atoms with van der Waals surface area (Å²) < 4.78 is 29.6. The van der Waals surface area contributed by atoms with Crippen molar-refractivity contribution in [2.24, 2.45) is 0 Å². The Kier molecular flexibility index (Phi) is 5.88. The van der Waals surface area contributed by atoms with Gasteiger partial charge in [0, 0.05) is 6.54 Å². The van der Waals surface area contributed by atoms with Crippen LogP contribution >= 0.6 is 0 Å². The molecule has 9 heteroatoms. The maximum absolute atomic E-state index is 12.8. The number of sulfonamides is 1. The Morgan fingerprint density at radius 2 is 1.77 bits per heavy atom. The van der Waals surface area contributed by atoms with Crippen molar-refractivity contribution < 1.29 is 13.2 Å². The van der Waals surface area contributed by atoms with Crippen LogP contribution in [0.15, 0.2) is 59.5 Å². The van der Waals surface area contributed by atoms with Gasteiger partial charge < -0.3 is 4.90 Å². The van der Waals surface area contributed by atoms with E-state index in [-0.39, 0.29) is 17.3 Å². The van der Waals surface area contributed by atoms with Gasteiger partial charge in [-0.15, -0.1) is 5.10 Å². The molecule has 3 aromatic rings. The van der Waals surface area contributed by atoms with Crippen LogP contribution in [0.4, 0.5) is 0 Å². The van der Waals surface area contributed by atoms with Crippen LogP contribution in [0.2, 0.25) is 0 Å². The number of amides is 1. The second-order valence-corrected chi connectivity index (χ2v) is 9.37. The molecule has 4 rings (SSSR count). The summed E-state index contributed by atoms with van der Waals surface area (Å²) in [6.45, 7) is 4.61. The van der Waals surface area contributed by atoms with Crippen LogP contribution in [0, 0.1) is 0 Å². The van der Waals surface area contributed by atoms with Crippen LogP contribution in [0.25, 0.3) is 0 Å². The quantitative estimate of drug-likeness (QED) is 0.610. The molecule has 0 saturated carbocycles. The van der Waals surface area contributed by atoms with E-state index in [4.69, 9.17) is 0 Å². The molecule has 31 heavy (non-hydrogen) atoms. The summed E-state index contributed by atoms with van der Waals surface area (Å²) in [6.07, 6.45) is 0.844. The highest BCUT2D eigenvalue weighted by Crippen LogP contribution is 2.25. The van der Waals surface area contributed by atoms with Gasteiger partial charge in [0.2, 0.25) is 15.9 Å². The molecule has 1 aliphatic rings. The third-order valence-corrected chi connectivity index (χ3v) is 6.95. The van der Waals surface area contributed by atoms with Crippen molar-refractivity contribution in [3.8, 4) is 0 Å². The SMILES string of the molecule is CCc1ccc(S(=O)(=O)NCc2nnn3c2CN(Cc2ccccc2)C(=O)C3C)cc1. The van der Waals surface area contributed by atoms with Gasteiger partial charge in [-0.1, -0.05) is 54.6 Å². The molecular formula is C22H25N5O3S. The first-order chi connectivity index (χ1) is 14.9. The Hall–Kier alpha value is -3.04. The van der Waals surface area contributed by atoms with E-state index in [1.807, 2.05) is 49.4 Å². The van der Waals surface area contributed by atoms with E-state index in [1.165, 1.54) is 0 Å². The number of rotatable bonds is 7. The molecule has 0 bridgehead atoms. The number of fused-ring (bicyclic) bond motifs is 1. The molecule has 162 valence electrons. The van der Waals surface area contributed by atoms with E-state index in [2.05, 4.69) is 15.0 Å². The van der Waals surface area contributed by atoms with Crippen molar-refractivity contribution in [3.63, 3.8) is 0 Å². The molecule has 0 aliphatic carbocycles. The largest absolute Gasteiger partial charge is 0.331 e. The van der Waals surface area contributed by atoms with Crippen molar-refractivity contribution in [1.82, 2.24) is 24.6 Å². The van der Waals surface area contributed by atoms with Gasteiger partial charge in [0.1, 0.15) is 11.7 Å². The number of hydrogen-bond acceptors (Lipinski definition) is 5. The zero-order chi connectivity index (χ0) is 22.0. The van der Waals surface area contributed by atoms with Crippen LogP contribution < -0.4 is 4.72 Å². The molecule has 1 unspecified atom stereocenters. The zero-order valence-electron chi connectivity index (χ0n) is 17.5. The van der Waals surface area contributed by atoms with E-state index in [9.17, 15) is 13.2 Å². The van der Waals surface area contributed by atoms with Gasteiger partial charge in [-0.25, -0.2) is 17.8 Å². The van der Waals surface area contributed by atoms with Crippen molar-refractivity contribution in [3.05, 3.63) is 77.1 Å². The first-order valence-corrected chi connectivity index (χ1v) is 11.7. The maximum Gasteiger partial charge on any atom is 0.247 e. The van der Waals surface area contributed by atoms with Crippen LogP contribution in [0.1, 0.15) is 42.4 Å². The molecular weight excluding hydrogens is 414 g/mol. The molecule has 1 N–H and O–H groups in total. The number of nitrogens with zero attached hydrogens (tertiary/aromatic N) is 4. The standard InChI is InChI=1S/C22H25N5O3S/c1-3-17-9-11-19(12-10-17)31(29,30)23-13-20-21-15-26(14-18-7-5-4-6-8-18)22(28)16(2)27(21)25-24-20/h4-12,16,23H,3,13-15H2,1-2H3. The molecule has 1 amide bonds. The fourth-order valence-electron chi connectivity index (χ4n) is 3.67. The Bertz CT molecular complexity index is 1170. The van der Waals surface area contributed by atoms with E-state index in [0.717, 1.165) is 23.2 Å². The van der Waals surface area contributed by atoms with Crippen LogP contribution in [-0.2, 0) is 40.9 Å². The number of benzene rings is 2. The van der Waals surface area contributed by atoms with Crippen LogP contribution in [0.5, 0.6) is 0 Å². The van der Waals surface area contributed by atoms with Crippen molar-refractivity contribution in [2.45, 2.75) is 50.8 Å². The second kappa shape index (κ2) is 8.60. The lowest BCUT2D eigenvalue weighted by atomic mass is 10.1. The van der Waals surface area contributed by atoms with Gasteiger partial charge >= 0.3 is 0 Å². The summed E-state index contributed by atoms with van der Waals surface area (Å²) in [6, 6.07) is 16.1. The topological polar surface area (TPSA) is 97.2 Å². The first kappa shape index (κ1) is 21.2. The molecule has 0 saturated heterocycles. The van der Waals surface area contributed by atoms with Crippen molar-refractivity contribution in [2.75, 3.05) is 0 Å². The Morgan fingerprint density at radius 1 is 1.06 bits per heavy atom. The second-order valence-electron chi connectivity index (χ2n) is 7.61. The molecule has 0 radical (unpaired) electrons. The number of nitrogens with one attached hydrogen (secondary N) is 1. The molecule has 1 aliphatic heterocycles. The van der Waals surface area contributed by atoms with E-state index >= 15 is 0 Å². The van der Waals surface area contributed by atoms with Crippen LogP contribution in [0.3, 0.4) is 0 Å². The minimum Gasteiger partial charge on any atom is -0.331 e. The lowest BCUT2D eigenvalue weighted by Crippen LogP contribution is -2.41. The summed E-state index contributed by atoms with van der Waals surface area (Å²) in [4.78, 5) is 14.7. The minimum absolute atomic E-state index is 0.00723. The van der Waals surface area contributed by atoms with Gasteiger partial charge in [-0.3, -0.25) is 4.79 Å². The summed E-state index contributed by atoms with van der Waals surface area (Å²) in [7, 11) is -3.68. The fourth-order valence-corrected chi connectivity index (χ4v) is 4.66. The molecule has 2 heterocycles. The lowest BCUT2D eigenvalue weighted by molar-refractivity contribution is -0.138. The number of hydrogen-bond donors (Lipinski definition) is 1. The predicted octanol–water partition coefficient (Wildman–Crippen LogP) is 2.42. The predicted molar refractivity (Wildman–Crippen MR) is 115 cm³/mol. The molecule has 0 spiro atoms. The van der Waals surface area contributed by atoms with Crippen molar-refractivity contribution >= 4 is 15.9 Å². The highest BCUT2D eigenvalue weighted by Gasteiger charge is 2.33. The molecule has 8 nitrogen and oxygen atoms in total. The van der Waals surface area contributed by atoms with Gasteiger partial charge in [0.15, 0.2) is 0 Å². The van der Waals surface area contributed by atoms with Gasteiger partial charge in [0.05, 0.1) is 23.7 Å². The summed E-state index contributed by atoms with van der Waals surface area (Å²) in [5.41, 5.74) is 3.36. The average molecular weight is 440 g/mol. The maximum atomic E-state index is 12.8. The number of carbonyl (C=O) groups is 1. The van der Waals surface area contributed by atoms with Crippen molar-refractivity contribution in [1.29, 1.82) is 0 Å². The minimum atomic E-state index is -3.68. The normalized spacial score (nSPS) is 16.4. The Morgan fingerprint density at radius 3 is 2.45 bits per heavy atom. The summed E-state index contributed by atoms with van der Waals surface area (Å²) >= 11 is 0. The van der Waals surface area contributed by atoms with Gasteiger partial charge in [-0.05, 0) is 36.6 Å². The van der Waals surface area contributed by atoms with E-state index < -0.39 is 16.1 Å². The summed E-state index contributed by atoms with van der Waals surface area (Å²) in [5.74, 6) is -0.0376. The van der Waals surface area contributed by atoms with E-state index in [1.54, 1.807) is 28.6 Å².